The Labute approximate surface area is 187 Å². The number of amides is 1. The van der Waals surface area contributed by atoms with Crippen molar-refractivity contribution in [2.45, 2.75) is 6.04 Å². The minimum Gasteiger partial charge on any atom is -0.507 e. The van der Waals surface area contributed by atoms with Crippen LogP contribution in [0.5, 0.6) is 17.2 Å². The van der Waals surface area contributed by atoms with E-state index in [9.17, 15) is 24.2 Å². The number of aliphatic hydroxyl groups excluding tert-OH is 1. The highest BCUT2D eigenvalue weighted by Gasteiger charge is 2.48. The third kappa shape index (κ3) is 3.36. The first-order chi connectivity index (χ1) is 16.0. The van der Waals surface area contributed by atoms with Gasteiger partial charge in [0, 0.05) is 11.1 Å². The summed E-state index contributed by atoms with van der Waals surface area (Å²) in [6, 6.07) is 14.9. The van der Waals surface area contributed by atoms with Crippen LogP contribution in [0.4, 0.5) is 10.1 Å². The predicted octanol–water partition coefficient (Wildman–Crippen LogP) is 3.93. The fraction of sp³-hybridized carbons (Fsp3) is 0.120. The molecule has 2 N–H and O–H groups in total. The van der Waals surface area contributed by atoms with Gasteiger partial charge in [0.05, 0.1) is 17.3 Å². The highest BCUT2D eigenvalue weighted by atomic mass is 19.1. The lowest BCUT2D eigenvalue weighted by Gasteiger charge is -2.26. The van der Waals surface area contributed by atoms with Crippen molar-refractivity contribution in [3.05, 3.63) is 89.2 Å². The molecule has 1 amide bonds. The standard InChI is InChI=1S/C25H18FNO6/c26-16-6-2-1-5-15(16)22-21(23(29)14-9-10-19-20(13-14)33-12-11-32-19)24(30)25(31)27(22)17-7-3-4-8-18(17)28/h1-10,13,22,28-29H,11-12H2/b23-21+. The molecule has 0 saturated carbocycles. The molecule has 0 aromatic heterocycles. The molecule has 2 aliphatic rings. The zero-order valence-corrected chi connectivity index (χ0v) is 17.2. The van der Waals surface area contributed by atoms with Crippen LogP contribution in [-0.4, -0.2) is 35.1 Å². The van der Waals surface area contributed by atoms with E-state index in [0.717, 1.165) is 4.90 Å². The van der Waals surface area contributed by atoms with Crippen molar-refractivity contribution in [2.75, 3.05) is 18.1 Å². The van der Waals surface area contributed by atoms with Crippen LogP contribution >= 0.6 is 0 Å². The molecule has 8 heteroatoms. The number of Topliss-reactive ketones (excluding diaryl/α,β-unsaturated/α-hetero) is 1. The molecule has 2 aliphatic heterocycles. The number of benzene rings is 3. The van der Waals surface area contributed by atoms with Crippen molar-refractivity contribution in [3.63, 3.8) is 0 Å². The van der Waals surface area contributed by atoms with E-state index in [0.29, 0.717) is 24.7 Å². The van der Waals surface area contributed by atoms with Gasteiger partial charge in [-0.15, -0.1) is 0 Å². The Balaban J connectivity index is 1.73. The fourth-order valence-corrected chi connectivity index (χ4v) is 4.09. The Morgan fingerprint density at radius 2 is 1.64 bits per heavy atom. The van der Waals surface area contributed by atoms with E-state index >= 15 is 0 Å². The van der Waals surface area contributed by atoms with Crippen LogP contribution in [0.25, 0.3) is 5.76 Å². The number of nitrogens with zero attached hydrogens (tertiary/aromatic N) is 1. The van der Waals surface area contributed by atoms with E-state index < -0.39 is 29.3 Å². The number of halogens is 1. The molecule has 5 rings (SSSR count). The minimum atomic E-state index is -1.30. The minimum absolute atomic E-state index is 0.000883. The number of aliphatic hydroxyl groups is 1. The predicted molar refractivity (Wildman–Crippen MR) is 117 cm³/mol. The number of ether oxygens (including phenoxy) is 2. The molecule has 0 radical (unpaired) electrons. The Morgan fingerprint density at radius 1 is 0.939 bits per heavy atom. The summed E-state index contributed by atoms with van der Waals surface area (Å²) in [5.41, 5.74) is -0.0750. The second-order valence-corrected chi connectivity index (χ2v) is 7.54. The Hall–Kier alpha value is -4.33. The number of fused-ring (bicyclic) bond motifs is 1. The molecule has 1 saturated heterocycles. The van der Waals surface area contributed by atoms with E-state index in [1.807, 2.05) is 0 Å². The van der Waals surface area contributed by atoms with Gasteiger partial charge in [-0.3, -0.25) is 14.5 Å². The number of carbonyl (C=O) groups excluding carboxylic acids is 2. The molecule has 0 spiro atoms. The molecule has 0 bridgehead atoms. The van der Waals surface area contributed by atoms with Gasteiger partial charge in [0.2, 0.25) is 0 Å². The van der Waals surface area contributed by atoms with Gasteiger partial charge in [-0.05, 0) is 36.4 Å². The Morgan fingerprint density at radius 3 is 2.39 bits per heavy atom. The van der Waals surface area contributed by atoms with Gasteiger partial charge in [0.25, 0.3) is 11.7 Å². The van der Waals surface area contributed by atoms with E-state index in [1.165, 1.54) is 42.5 Å². The van der Waals surface area contributed by atoms with E-state index in [4.69, 9.17) is 9.47 Å². The van der Waals surface area contributed by atoms with Gasteiger partial charge < -0.3 is 19.7 Å². The number of hydrogen-bond acceptors (Lipinski definition) is 6. The molecule has 7 nitrogen and oxygen atoms in total. The quantitative estimate of drug-likeness (QED) is 0.359. The first-order valence-electron chi connectivity index (χ1n) is 10.2. The maximum Gasteiger partial charge on any atom is 0.300 e. The number of rotatable bonds is 3. The first kappa shape index (κ1) is 20.6. The van der Waals surface area contributed by atoms with Crippen molar-refractivity contribution in [1.82, 2.24) is 0 Å². The zero-order chi connectivity index (χ0) is 23.1. The highest BCUT2D eigenvalue weighted by molar-refractivity contribution is 6.51. The maximum absolute atomic E-state index is 14.9. The van der Waals surface area contributed by atoms with Crippen molar-refractivity contribution in [2.24, 2.45) is 0 Å². The summed E-state index contributed by atoms with van der Waals surface area (Å²) >= 11 is 0. The monoisotopic (exact) mass is 447 g/mol. The Bertz CT molecular complexity index is 1320. The topological polar surface area (TPSA) is 96.3 Å². The lowest BCUT2D eigenvalue weighted by atomic mass is 9.94. The van der Waals surface area contributed by atoms with Crippen molar-refractivity contribution in [3.8, 4) is 17.2 Å². The average molecular weight is 447 g/mol. The summed E-state index contributed by atoms with van der Waals surface area (Å²) in [4.78, 5) is 27.2. The first-order valence-corrected chi connectivity index (χ1v) is 10.2. The third-order valence-electron chi connectivity index (χ3n) is 5.60. The van der Waals surface area contributed by atoms with Gasteiger partial charge in [-0.1, -0.05) is 30.3 Å². The molecular weight excluding hydrogens is 429 g/mol. The van der Waals surface area contributed by atoms with Crippen LogP contribution in [0.15, 0.2) is 72.3 Å². The zero-order valence-electron chi connectivity index (χ0n) is 17.2. The highest BCUT2D eigenvalue weighted by Crippen LogP contribution is 2.45. The molecule has 0 aliphatic carbocycles. The SMILES string of the molecule is O=C1C(=O)N(c2ccccc2O)C(c2ccccc2F)/C1=C(\O)c1ccc2c(c1)OCCO2. The lowest BCUT2D eigenvalue weighted by Crippen LogP contribution is -2.29. The fourth-order valence-electron chi connectivity index (χ4n) is 4.09. The number of phenols is 1. The van der Waals surface area contributed by atoms with Gasteiger partial charge in [0.15, 0.2) is 11.5 Å². The van der Waals surface area contributed by atoms with E-state index in [1.54, 1.807) is 24.3 Å². The van der Waals surface area contributed by atoms with Crippen molar-refractivity contribution >= 4 is 23.1 Å². The molecule has 33 heavy (non-hydrogen) atoms. The molecule has 1 fully saturated rings. The summed E-state index contributed by atoms with van der Waals surface area (Å²) in [5.74, 6) is -2.56. The largest absolute Gasteiger partial charge is 0.507 e. The van der Waals surface area contributed by atoms with Crippen LogP contribution in [0.2, 0.25) is 0 Å². The Kier molecular flexibility index (Phi) is 4.97. The number of hydrogen-bond donors (Lipinski definition) is 2. The number of phenolic OH excluding ortho intramolecular Hbond substituents is 1. The molecule has 1 unspecified atom stereocenters. The number of anilines is 1. The van der Waals surface area contributed by atoms with Crippen LogP contribution in [0, 0.1) is 5.82 Å². The van der Waals surface area contributed by atoms with Gasteiger partial charge >= 0.3 is 0 Å². The lowest BCUT2D eigenvalue weighted by molar-refractivity contribution is -0.132. The van der Waals surface area contributed by atoms with Gasteiger partial charge in [-0.25, -0.2) is 4.39 Å². The normalized spacial score (nSPS) is 19.1. The number of carbonyl (C=O) groups is 2. The van der Waals surface area contributed by atoms with E-state index in [-0.39, 0.29) is 28.1 Å². The number of para-hydroxylation sites is 2. The molecule has 2 heterocycles. The average Bonchev–Trinajstić information content (AvgIpc) is 3.09. The van der Waals surface area contributed by atoms with Gasteiger partial charge in [-0.2, -0.15) is 0 Å². The summed E-state index contributed by atoms with van der Waals surface area (Å²) in [6.45, 7) is 0.710. The summed E-state index contributed by atoms with van der Waals surface area (Å²) in [5, 5.41) is 21.5. The molecule has 1 atom stereocenters. The molecule has 166 valence electrons. The van der Waals surface area contributed by atoms with Crippen molar-refractivity contribution in [1.29, 1.82) is 0 Å². The van der Waals surface area contributed by atoms with Crippen LogP contribution in [0.3, 0.4) is 0 Å². The second kappa shape index (κ2) is 7.98. The summed E-state index contributed by atoms with van der Waals surface area (Å²) < 4.78 is 25.9. The number of ketones is 1. The molecular formula is C25H18FNO6. The van der Waals surface area contributed by atoms with Crippen LogP contribution in [-0.2, 0) is 9.59 Å². The van der Waals surface area contributed by atoms with E-state index in [2.05, 4.69) is 0 Å². The van der Waals surface area contributed by atoms with Gasteiger partial charge in [0.1, 0.15) is 30.5 Å². The van der Waals surface area contributed by atoms with Crippen LogP contribution < -0.4 is 14.4 Å². The molecule has 3 aromatic carbocycles. The third-order valence-corrected chi connectivity index (χ3v) is 5.60. The second-order valence-electron chi connectivity index (χ2n) is 7.54. The van der Waals surface area contributed by atoms with Crippen LogP contribution in [0.1, 0.15) is 17.2 Å². The summed E-state index contributed by atoms with van der Waals surface area (Å²) in [6.07, 6.45) is 0. The number of aromatic hydroxyl groups is 1. The maximum atomic E-state index is 14.9. The summed E-state index contributed by atoms with van der Waals surface area (Å²) in [7, 11) is 0. The molecule has 3 aromatic rings. The van der Waals surface area contributed by atoms with Crippen molar-refractivity contribution < 1.29 is 33.7 Å². The smallest absolute Gasteiger partial charge is 0.300 e.